The highest BCUT2D eigenvalue weighted by atomic mass is 19.1. The van der Waals surface area contributed by atoms with Gasteiger partial charge in [-0.1, -0.05) is 25.5 Å². The molecule has 0 aliphatic rings. The number of aromatic nitrogens is 4. The number of carbonyl (C=O) groups is 1. The van der Waals surface area contributed by atoms with E-state index in [4.69, 9.17) is 0 Å². The van der Waals surface area contributed by atoms with Crippen LogP contribution in [0.3, 0.4) is 0 Å². The van der Waals surface area contributed by atoms with Crippen molar-refractivity contribution in [2.24, 2.45) is 0 Å². The number of rotatable bonds is 6. The first kappa shape index (κ1) is 15.1. The fraction of sp³-hybridized carbons (Fsp3) is 0.429. The standard InChI is InChI=1S/C14H18FN5O/c1-3-5-10(2)16-13(21)9-20-18-14(17-19-20)11-6-4-7-12(15)8-11/h4,6-8,10H,3,5,9H2,1-2H3,(H,16,21). The van der Waals surface area contributed by atoms with E-state index in [9.17, 15) is 9.18 Å². The molecule has 0 saturated carbocycles. The highest BCUT2D eigenvalue weighted by Crippen LogP contribution is 2.14. The van der Waals surface area contributed by atoms with E-state index in [2.05, 4.69) is 27.7 Å². The van der Waals surface area contributed by atoms with Crippen molar-refractivity contribution in [3.05, 3.63) is 30.1 Å². The number of amides is 1. The van der Waals surface area contributed by atoms with Crippen LogP contribution in [0.1, 0.15) is 26.7 Å². The summed E-state index contributed by atoms with van der Waals surface area (Å²) in [6.07, 6.45) is 1.93. The lowest BCUT2D eigenvalue weighted by Crippen LogP contribution is -2.35. The van der Waals surface area contributed by atoms with Gasteiger partial charge >= 0.3 is 0 Å². The average molecular weight is 291 g/mol. The van der Waals surface area contributed by atoms with E-state index in [-0.39, 0.29) is 24.3 Å². The van der Waals surface area contributed by atoms with Crippen LogP contribution in [0.15, 0.2) is 24.3 Å². The predicted molar refractivity (Wildman–Crippen MR) is 75.7 cm³/mol. The fourth-order valence-electron chi connectivity index (χ4n) is 2.01. The first-order valence-electron chi connectivity index (χ1n) is 6.91. The summed E-state index contributed by atoms with van der Waals surface area (Å²) < 4.78 is 13.1. The van der Waals surface area contributed by atoms with Gasteiger partial charge in [-0.15, -0.1) is 10.2 Å². The molecular formula is C14H18FN5O. The van der Waals surface area contributed by atoms with Crippen LogP contribution in [-0.2, 0) is 11.3 Å². The Hall–Kier alpha value is -2.31. The van der Waals surface area contributed by atoms with Gasteiger partial charge in [0.1, 0.15) is 12.4 Å². The van der Waals surface area contributed by atoms with Crippen LogP contribution in [0, 0.1) is 5.82 Å². The van der Waals surface area contributed by atoms with Gasteiger partial charge in [0, 0.05) is 11.6 Å². The number of hydrogen-bond donors (Lipinski definition) is 1. The maximum atomic E-state index is 13.1. The summed E-state index contributed by atoms with van der Waals surface area (Å²) in [6.45, 7) is 4.01. The Morgan fingerprint density at radius 1 is 1.48 bits per heavy atom. The Kier molecular flexibility index (Phi) is 4.97. The number of benzene rings is 1. The lowest BCUT2D eigenvalue weighted by atomic mass is 10.2. The minimum Gasteiger partial charge on any atom is -0.352 e. The third-order valence-corrected chi connectivity index (χ3v) is 2.95. The molecule has 0 bridgehead atoms. The minimum absolute atomic E-state index is 0.00360. The van der Waals surface area contributed by atoms with Crippen molar-refractivity contribution in [1.82, 2.24) is 25.5 Å². The van der Waals surface area contributed by atoms with Crippen molar-refractivity contribution in [1.29, 1.82) is 0 Å². The zero-order chi connectivity index (χ0) is 15.2. The maximum absolute atomic E-state index is 13.1. The summed E-state index contributed by atoms with van der Waals surface area (Å²) in [7, 11) is 0. The second-order valence-corrected chi connectivity index (χ2v) is 4.91. The van der Waals surface area contributed by atoms with Crippen LogP contribution >= 0.6 is 0 Å². The van der Waals surface area contributed by atoms with Crippen molar-refractivity contribution >= 4 is 5.91 Å². The van der Waals surface area contributed by atoms with Crippen LogP contribution in [0.5, 0.6) is 0 Å². The van der Waals surface area contributed by atoms with Crippen LogP contribution in [0.4, 0.5) is 4.39 Å². The molecular weight excluding hydrogens is 273 g/mol. The first-order valence-corrected chi connectivity index (χ1v) is 6.91. The van der Waals surface area contributed by atoms with Crippen molar-refractivity contribution in [3.8, 4) is 11.4 Å². The van der Waals surface area contributed by atoms with Gasteiger partial charge in [-0.25, -0.2) is 4.39 Å². The van der Waals surface area contributed by atoms with Gasteiger partial charge in [0.25, 0.3) is 0 Å². The van der Waals surface area contributed by atoms with E-state index < -0.39 is 0 Å². The van der Waals surface area contributed by atoms with Gasteiger partial charge in [-0.2, -0.15) is 4.80 Å². The molecule has 1 aromatic heterocycles. The van der Waals surface area contributed by atoms with Crippen molar-refractivity contribution < 1.29 is 9.18 Å². The number of tetrazole rings is 1. The SMILES string of the molecule is CCCC(C)NC(=O)Cn1nnc(-c2cccc(F)c2)n1. The number of halogens is 1. The summed E-state index contributed by atoms with van der Waals surface area (Å²) in [6, 6.07) is 6.05. The third kappa shape index (κ3) is 4.34. The van der Waals surface area contributed by atoms with Gasteiger partial charge in [0.15, 0.2) is 0 Å². The zero-order valence-electron chi connectivity index (χ0n) is 12.1. The van der Waals surface area contributed by atoms with Crippen molar-refractivity contribution in [2.45, 2.75) is 39.3 Å². The Balaban J connectivity index is 1.99. The number of nitrogens with one attached hydrogen (secondary N) is 1. The van der Waals surface area contributed by atoms with Gasteiger partial charge in [-0.3, -0.25) is 4.79 Å². The molecule has 0 radical (unpaired) electrons. The molecule has 0 saturated heterocycles. The van der Waals surface area contributed by atoms with E-state index in [1.54, 1.807) is 12.1 Å². The molecule has 1 N–H and O–H groups in total. The molecule has 0 aliphatic carbocycles. The quantitative estimate of drug-likeness (QED) is 0.880. The summed E-state index contributed by atoms with van der Waals surface area (Å²) in [5.74, 6) is -0.238. The minimum atomic E-state index is -0.366. The predicted octanol–water partition coefficient (Wildman–Crippen LogP) is 1.78. The Morgan fingerprint density at radius 3 is 3.00 bits per heavy atom. The molecule has 1 atom stereocenters. The molecule has 21 heavy (non-hydrogen) atoms. The lowest BCUT2D eigenvalue weighted by molar-refractivity contribution is -0.122. The summed E-state index contributed by atoms with van der Waals surface area (Å²) in [5.41, 5.74) is 0.529. The van der Waals surface area contributed by atoms with Crippen LogP contribution in [0.2, 0.25) is 0 Å². The number of nitrogens with zero attached hydrogens (tertiary/aromatic N) is 4. The average Bonchev–Trinajstić information content (AvgIpc) is 2.87. The van der Waals surface area contributed by atoms with E-state index in [1.165, 1.54) is 16.9 Å². The van der Waals surface area contributed by atoms with Crippen molar-refractivity contribution in [3.63, 3.8) is 0 Å². The van der Waals surface area contributed by atoms with Gasteiger partial charge in [-0.05, 0) is 30.7 Å². The van der Waals surface area contributed by atoms with E-state index in [0.717, 1.165) is 12.8 Å². The molecule has 112 valence electrons. The van der Waals surface area contributed by atoms with Gasteiger partial charge < -0.3 is 5.32 Å². The lowest BCUT2D eigenvalue weighted by Gasteiger charge is -2.11. The third-order valence-electron chi connectivity index (χ3n) is 2.95. The Labute approximate surface area is 122 Å². The molecule has 1 amide bonds. The smallest absolute Gasteiger partial charge is 0.243 e. The normalized spacial score (nSPS) is 12.1. The molecule has 1 aromatic carbocycles. The molecule has 1 heterocycles. The summed E-state index contributed by atoms with van der Waals surface area (Å²) in [5, 5.41) is 14.6. The molecule has 7 heteroatoms. The fourth-order valence-corrected chi connectivity index (χ4v) is 2.01. The topological polar surface area (TPSA) is 72.7 Å². The monoisotopic (exact) mass is 291 g/mol. The largest absolute Gasteiger partial charge is 0.352 e. The second kappa shape index (κ2) is 6.92. The van der Waals surface area contributed by atoms with Gasteiger partial charge in [0.2, 0.25) is 11.7 Å². The number of carbonyl (C=O) groups excluding carboxylic acids is 1. The molecule has 0 fully saturated rings. The van der Waals surface area contributed by atoms with E-state index >= 15 is 0 Å². The Bertz CT molecular complexity index is 613. The molecule has 1 unspecified atom stereocenters. The highest BCUT2D eigenvalue weighted by molar-refractivity contribution is 5.75. The molecule has 0 aliphatic heterocycles. The zero-order valence-corrected chi connectivity index (χ0v) is 12.1. The number of hydrogen-bond acceptors (Lipinski definition) is 4. The van der Waals surface area contributed by atoms with Crippen LogP contribution < -0.4 is 5.32 Å². The van der Waals surface area contributed by atoms with Gasteiger partial charge in [0.05, 0.1) is 0 Å². The molecule has 2 rings (SSSR count). The molecule has 2 aromatic rings. The van der Waals surface area contributed by atoms with Crippen LogP contribution in [-0.4, -0.2) is 32.2 Å². The first-order chi connectivity index (χ1) is 10.1. The second-order valence-electron chi connectivity index (χ2n) is 4.91. The summed E-state index contributed by atoms with van der Waals surface area (Å²) in [4.78, 5) is 13.0. The van der Waals surface area contributed by atoms with E-state index in [1.807, 2.05) is 6.92 Å². The summed E-state index contributed by atoms with van der Waals surface area (Å²) >= 11 is 0. The molecule has 6 nitrogen and oxygen atoms in total. The highest BCUT2D eigenvalue weighted by Gasteiger charge is 2.11. The molecule has 0 spiro atoms. The van der Waals surface area contributed by atoms with Crippen molar-refractivity contribution in [2.75, 3.05) is 0 Å². The Morgan fingerprint density at radius 2 is 2.29 bits per heavy atom. The van der Waals surface area contributed by atoms with E-state index in [0.29, 0.717) is 11.4 Å². The maximum Gasteiger partial charge on any atom is 0.243 e. The van der Waals surface area contributed by atoms with Crippen LogP contribution in [0.25, 0.3) is 11.4 Å².